The topological polar surface area (TPSA) is 98.7 Å². The Hall–Kier alpha value is -1.63. The number of carboxylic acid groups (broad SMARTS) is 1. The largest absolute Gasteiger partial charge is 0.481 e. The molecule has 108 valence electrons. The van der Waals surface area contributed by atoms with Crippen molar-refractivity contribution < 1.29 is 19.5 Å². The Labute approximate surface area is 112 Å². The van der Waals surface area contributed by atoms with E-state index in [-0.39, 0.29) is 30.7 Å². The molecule has 1 heterocycles. The summed E-state index contributed by atoms with van der Waals surface area (Å²) in [6, 6.07) is -0.606. The van der Waals surface area contributed by atoms with E-state index < -0.39 is 12.0 Å². The molecule has 1 saturated heterocycles. The van der Waals surface area contributed by atoms with Gasteiger partial charge in [-0.15, -0.1) is 0 Å². The van der Waals surface area contributed by atoms with Crippen molar-refractivity contribution in [3.05, 3.63) is 0 Å². The predicted octanol–water partition coefficient (Wildman–Crippen LogP) is -0.824. The van der Waals surface area contributed by atoms with Gasteiger partial charge in [0.2, 0.25) is 11.8 Å². The monoisotopic (exact) mass is 271 g/mol. The molecule has 2 amide bonds. The molecule has 3 N–H and O–H groups in total. The van der Waals surface area contributed by atoms with E-state index >= 15 is 0 Å². The number of piperazine rings is 1. The van der Waals surface area contributed by atoms with Crippen molar-refractivity contribution in [1.82, 2.24) is 15.5 Å². The number of rotatable bonds is 6. The molecule has 1 aliphatic heterocycles. The summed E-state index contributed by atoms with van der Waals surface area (Å²) in [5, 5.41) is 14.2. The molecule has 0 aliphatic carbocycles. The Morgan fingerprint density at radius 1 is 1.53 bits per heavy atom. The van der Waals surface area contributed by atoms with Crippen LogP contribution in [-0.2, 0) is 14.4 Å². The van der Waals surface area contributed by atoms with E-state index in [1.807, 2.05) is 13.8 Å². The van der Waals surface area contributed by atoms with E-state index in [4.69, 9.17) is 5.11 Å². The zero-order valence-corrected chi connectivity index (χ0v) is 11.3. The summed E-state index contributed by atoms with van der Waals surface area (Å²) in [4.78, 5) is 35.7. The maximum Gasteiger partial charge on any atom is 0.305 e. The fourth-order valence-corrected chi connectivity index (χ4v) is 2.06. The smallest absolute Gasteiger partial charge is 0.305 e. The Kier molecular flexibility index (Phi) is 5.75. The van der Waals surface area contributed by atoms with Crippen LogP contribution in [0.3, 0.4) is 0 Å². The summed E-state index contributed by atoms with van der Waals surface area (Å²) in [5.41, 5.74) is 0. The summed E-state index contributed by atoms with van der Waals surface area (Å²) in [6.45, 7) is 5.20. The Balaban J connectivity index is 2.51. The summed E-state index contributed by atoms with van der Waals surface area (Å²) >= 11 is 0. The fourth-order valence-electron chi connectivity index (χ4n) is 2.06. The normalized spacial score (nSPS) is 20.2. The highest BCUT2D eigenvalue weighted by Crippen LogP contribution is 2.09. The molecular formula is C12H21N3O4. The van der Waals surface area contributed by atoms with Crippen LogP contribution in [0, 0.1) is 0 Å². The van der Waals surface area contributed by atoms with Gasteiger partial charge in [-0.25, -0.2) is 0 Å². The molecule has 1 aliphatic rings. The number of nitrogens with zero attached hydrogens (tertiary/aromatic N) is 1. The third-order valence-corrected chi connectivity index (χ3v) is 2.89. The lowest BCUT2D eigenvalue weighted by Crippen LogP contribution is -2.56. The number of amides is 2. The number of carbonyl (C=O) groups is 3. The van der Waals surface area contributed by atoms with Crippen LogP contribution in [0.4, 0.5) is 0 Å². The minimum absolute atomic E-state index is 0.0759. The molecule has 0 spiro atoms. The van der Waals surface area contributed by atoms with Gasteiger partial charge in [-0.2, -0.15) is 0 Å². The number of hydrogen-bond donors (Lipinski definition) is 3. The van der Waals surface area contributed by atoms with Crippen LogP contribution in [0.5, 0.6) is 0 Å². The molecular weight excluding hydrogens is 250 g/mol. The fraction of sp³-hybridized carbons (Fsp3) is 0.750. The lowest BCUT2D eigenvalue weighted by molar-refractivity contribution is -0.143. The molecule has 0 bridgehead atoms. The van der Waals surface area contributed by atoms with Crippen LogP contribution in [0.1, 0.15) is 26.7 Å². The second-order valence-electron chi connectivity index (χ2n) is 4.91. The molecule has 0 aromatic carbocycles. The first-order valence-corrected chi connectivity index (χ1v) is 6.43. The zero-order valence-electron chi connectivity index (χ0n) is 11.3. The third-order valence-electron chi connectivity index (χ3n) is 2.89. The standard InChI is InChI=1S/C12H21N3O4/c1-8(2)14-10(16)3-5-15-6-4-13-12(19)9(15)7-11(17)18/h8-9H,3-7H2,1-2H3,(H,13,19)(H,14,16)(H,17,18). The predicted molar refractivity (Wildman–Crippen MR) is 68.5 cm³/mol. The van der Waals surface area contributed by atoms with Crippen molar-refractivity contribution in [1.29, 1.82) is 0 Å². The van der Waals surface area contributed by atoms with Crippen molar-refractivity contribution in [3.8, 4) is 0 Å². The van der Waals surface area contributed by atoms with E-state index in [0.29, 0.717) is 19.6 Å². The summed E-state index contributed by atoms with van der Waals surface area (Å²) in [6.07, 6.45) is 0.0270. The van der Waals surface area contributed by atoms with Gasteiger partial charge in [-0.1, -0.05) is 0 Å². The average molecular weight is 271 g/mol. The number of hydrogen-bond acceptors (Lipinski definition) is 4. The maximum atomic E-state index is 11.6. The minimum Gasteiger partial charge on any atom is -0.481 e. The molecule has 0 aromatic heterocycles. The Morgan fingerprint density at radius 2 is 2.21 bits per heavy atom. The summed E-state index contributed by atoms with van der Waals surface area (Å²) in [5.74, 6) is -1.38. The number of aliphatic carboxylic acids is 1. The van der Waals surface area contributed by atoms with Crippen LogP contribution in [0.25, 0.3) is 0 Å². The van der Waals surface area contributed by atoms with Gasteiger partial charge < -0.3 is 15.7 Å². The van der Waals surface area contributed by atoms with E-state index in [9.17, 15) is 14.4 Å². The minimum atomic E-state index is -1.02. The maximum absolute atomic E-state index is 11.6. The van der Waals surface area contributed by atoms with Crippen molar-refractivity contribution in [2.24, 2.45) is 0 Å². The molecule has 19 heavy (non-hydrogen) atoms. The Morgan fingerprint density at radius 3 is 2.79 bits per heavy atom. The van der Waals surface area contributed by atoms with Gasteiger partial charge in [0.25, 0.3) is 0 Å². The molecule has 1 rings (SSSR count). The van der Waals surface area contributed by atoms with Crippen LogP contribution < -0.4 is 10.6 Å². The Bertz CT molecular complexity index is 357. The third kappa shape index (κ3) is 5.25. The molecule has 1 atom stereocenters. The highest BCUT2D eigenvalue weighted by atomic mass is 16.4. The van der Waals surface area contributed by atoms with Crippen molar-refractivity contribution in [3.63, 3.8) is 0 Å². The molecule has 7 nitrogen and oxygen atoms in total. The second-order valence-corrected chi connectivity index (χ2v) is 4.91. The van der Waals surface area contributed by atoms with Crippen LogP contribution in [0.15, 0.2) is 0 Å². The van der Waals surface area contributed by atoms with Gasteiger partial charge in [0.1, 0.15) is 0 Å². The molecule has 7 heteroatoms. The molecule has 1 unspecified atom stereocenters. The number of carboxylic acids is 1. The summed E-state index contributed by atoms with van der Waals surface area (Å²) in [7, 11) is 0. The lowest BCUT2D eigenvalue weighted by Gasteiger charge is -2.34. The zero-order chi connectivity index (χ0) is 14.4. The van der Waals surface area contributed by atoms with Crippen LogP contribution in [-0.4, -0.2) is 59.5 Å². The quantitative estimate of drug-likeness (QED) is 0.586. The first-order chi connectivity index (χ1) is 8.90. The van der Waals surface area contributed by atoms with Gasteiger partial charge in [-0.05, 0) is 13.8 Å². The molecule has 0 saturated carbocycles. The first-order valence-electron chi connectivity index (χ1n) is 6.43. The summed E-state index contributed by atoms with van der Waals surface area (Å²) < 4.78 is 0. The van der Waals surface area contributed by atoms with Crippen LogP contribution in [0.2, 0.25) is 0 Å². The van der Waals surface area contributed by atoms with Crippen molar-refractivity contribution >= 4 is 17.8 Å². The van der Waals surface area contributed by atoms with E-state index in [1.54, 1.807) is 4.90 Å². The van der Waals surface area contributed by atoms with E-state index in [0.717, 1.165) is 0 Å². The molecule has 0 aromatic rings. The van der Waals surface area contributed by atoms with E-state index in [1.165, 1.54) is 0 Å². The first kappa shape index (κ1) is 15.4. The molecule has 1 fully saturated rings. The van der Waals surface area contributed by atoms with Gasteiger partial charge in [-0.3, -0.25) is 19.3 Å². The van der Waals surface area contributed by atoms with Crippen molar-refractivity contribution in [2.45, 2.75) is 38.8 Å². The lowest BCUT2D eigenvalue weighted by atomic mass is 10.1. The highest BCUT2D eigenvalue weighted by molar-refractivity contribution is 5.86. The van der Waals surface area contributed by atoms with Gasteiger partial charge in [0.05, 0.1) is 12.5 Å². The second kappa shape index (κ2) is 7.08. The van der Waals surface area contributed by atoms with Gasteiger partial charge >= 0.3 is 5.97 Å². The highest BCUT2D eigenvalue weighted by Gasteiger charge is 2.31. The van der Waals surface area contributed by atoms with E-state index in [2.05, 4.69) is 10.6 Å². The number of carbonyl (C=O) groups excluding carboxylic acids is 2. The SMILES string of the molecule is CC(C)NC(=O)CCN1CCNC(=O)C1CC(=O)O. The van der Waals surface area contributed by atoms with Gasteiger partial charge in [0.15, 0.2) is 0 Å². The number of nitrogens with one attached hydrogen (secondary N) is 2. The van der Waals surface area contributed by atoms with Crippen LogP contribution >= 0.6 is 0 Å². The van der Waals surface area contributed by atoms with Gasteiger partial charge in [0, 0.05) is 32.1 Å². The average Bonchev–Trinajstić information content (AvgIpc) is 2.28. The van der Waals surface area contributed by atoms with Crippen molar-refractivity contribution in [2.75, 3.05) is 19.6 Å². The molecule has 0 radical (unpaired) electrons.